The van der Waals surface area contributed by atoms with E-state index in [1.807, 2.05) is 29.2 Å². The van der Waals surface area contributed by atoms with Crippen molar-refractivity contribution < 1.29 is 4.79 Å². The summed E-state index contributed by atoms with van der Waals surface area (Å²) in [4.78, 5) is 33.6. The molecule has 9 nitrogen and oxygen atoms in total. The molecule has 2 aromatic heterocycles. The zero-order valence-electron chi connectivity index (χ0n) is 21.1. The smallest absolute Gasteiger partial charge is 0.324 e. The number of nitrogens with zero attached hydrogens (tertiary/aromatic N) is 5. The number of aromatic nitrogens is 4. The third-order valence-electron chi connectivity index (χ3n) is 6.80. The van der Waals surface area contributed by atoms with Gasteiger partial charge in [-0.2, -0.15) is 0 Å². The van der Waals surface area contributed by atoms with Gasteiger partial charge in [0.2, 0.25) is 5.95 Å². The highest BCUT2D eigenvalue weighted by molar-refractivity contribution is 5.90. The first kappa shape index (κ1) is 23.3. The summed E-state index contributed by atoms with van der Waals surface area (Å²) < 4.78 is 0. The van der Waals surface area contributed by atoms with Crippen molar-refractivity contribution in [3.63, 3.8) is 0 Å². The van der Waals surface area contributed by atoms with Crippen LogP contribution in [0.15, 0.2) is 30.6 Å². The van der Waals surface area contributed by atoms with Gasteiger partial charge in [-0.15, -0.1) is 0 Å². The molecule has 3 aromatic rings. The number of carbonyl (C=O) groups is 1. The van der Waals surface area contributed by atoms with Crippen LogP contribution in [0, 0.1) is 0 Å². The molecule has 2 aliphatic heterocycles. The van der Waals surface area contributed by atoms with E-state index in [4.69, 9.17) is 4.98 Å². The Morgan fingerprint density at radius 2 is 1.97 bits per heavy atom. The number of anilines is 3. The summed E-state index contributed by atoms with van der Waals surface area (Å²) in [6, 6.07) is 7.86. The van der Waals surface area contributed by atoms with Gasteiger partial charge < -0.3 is 15.5 Å². The largest absolute Gasteiger partial charge is 0.378 e. The summed E-state index contributed by atoms with van der Waals surface area (Å²) in [7, 11) is 0. The van der Waals surface area contributed by atoms with Gasteiger partial charge >= 0.3 is 6.03 Å². The normalized spacial score (nSPS) is 19.9. The first-order valence-corrected chi connectivity index (χ1v) is 12.4. The maximum Gasteiger partial charge on any atom is 0.324 e. The fraction of sp³-hybridized carbons (Fsp3) is 0.500. The molecule has 3 N–H and O–H groups in total. The summed E-state index contributed by atoms with van der Waals surface area (Å²) in [6.07, 6.45) is 3.49. The van der Waals surface area contributed by atoms with E-state index in [9.17, 15) is 4.79 Å². The Hall–Kier alpha value is -3.49. The maximum absolute atomic E-state index is 13.4. The molecule has 1 aromatic carbocycles. The van der Waals surface area contributed by atoms with Crippen molar-refractivity contribution in [3.05, 3.63) is 42.0 Å². The highest BCUT2D eigenvalue weighted by atomic mass is 16.2. The molecule has 9 heteroatoms. The summed E-state index contributed by atoms with van der Waals surface area (Å²) in [5.74, 6) is 1.45. The lowest BCUT2D eigenvalue weighted by atomic mass is 9.89. The van der Waals surface area contributed by atoms with Gasteiger partial charge in [0.05, 0.1) is 34.7 Å². The molecular formula is C26H34N8O. The number of benzene rings is 1. The number of amides is 2. The van der Waals surface area contributed by atoms with Gasteiger partial charge in [-0.05, 0) is 24.8 Å². The van der Waals surface area contributed by atoms with Gasteiger partial charge in [0.1, 0.15) is 6.33 Å². The molecule has 0 spiro atoms. The summed E-state index contributed by atoms with van der Waals surface area (Å²) in [5.41, 5.74) is 3.54. The van der Waals surface area contributed by atoms with Crippen molar-refractivity contribution in [2.75, 3.05) is 29.0 Å². The summed E-state index contributed by atoms with van der Waals surface area (Å²) >= 11 is 0. The number of hydrogen-bond donors (Lipinski definition) is 3. The van der Waals surface area contributed by atoms with Crippen molar-refractivity contribution in [1.82, 2.24) is 24.8 Å². The Morgan fingerprint density at radius 3 is 2.74 bits per heavy atom. The van der Waals surface area contributed by atoms with Crippen LogP contribution in [0.1, 0.15) is 64.8 Å². The zero-order valence-corrected chi connectivity index (χ0v) is 21.1. The van der Waals surface area contributed by atoms with Crippen LogP contribution in [-0.2, 0) is 5.41 Å². The molecule has 2 unspecified atom stereocenters. The van der Waals surface area contributed by atoms with E-state index >= 15 is 0 Å². The number of para-hydroxylation sites is 1. The monoisotopic (exact) mass is 474 g/mol. The predicted molar refractivity (Wildman–Crippen MR) is 139 cm³/mol. The molecule has 35 heavy (non-hydrogen) atoms. The molecule has 0 saturated carbocycles. The molecule has 4 heterocycles. The Morgan fingerprint density at radius 1 is 1.17 bits per heavy atom. The minimum Gasteiger partial charge on any atom is -0.378 e. The van der Waals surface area contributed by atoms with Crippen LogP contribution in [0.2, 0.25) is 0 Å². The van der Waals surface area contributed by atoms with Crippen LogP contribution in [-0.4, -0.2) is 56.0 Å². The van der Waals surface area contributed by atoms with Crippen molar-refractivity contribution in [2.45, 2.75) is 70.9 Å². The predicted octanol–water partition coefficient (Wildman–Crippen LogP) is 4.74. The van der Waals surface area contributed by atoms with Crippen LogP contribution in [0.5, 0.6) is 0 Å². The molecule has 1 fully saturated rings. The molecule has 2 aliphatic rings. The third kappa shape index (κ3) is 4.47. The Kier molecular flexibility index (Phi) is 5.94. The molecule has 5 rings (SSSR count). The van der Waals surface area contributed by atoms with Crippen LogP contribution in [0.25, 0.3) is 10.9 Å². The first-order valence-electron chi connectivity index (χ1n) is 12.4. The van der Waals surface area contributed by atoms with E-state index in [0.717, 1.165) is 46.6 Å². The van der Waals surface area contributed by atoms with E-state index in [1.165, 1.54) is 0 Å². The van der Waals surface area contributed by atoms with Crippen molar-refractivity contribution in [1.29, 1.82) is 0 Å². The summed E-state index contributed by atoms with van der Waals surface area (Å²) in [5, 5.41) is 11.1. The SMILES string of the molecule is CC(C)c1ncnc2c1NCC(C1CCCN1C(=O)Nc1nc(C(C)(C)C)c3ccccc3n1)N2. The molecule has 1 saturated heterocycles. The van der Waals surface area contributed by atoms with E-state index in [2.05, 4.69) is 65.5 Å². The number of carbonyl (C=O) groups excluding carboxylic acids is 1. The van der Waals surface area contributed by atoms with Crippen LogP contribution < -0.4 is 16.0 Å². The molecule has 0 bridgehead atoms. The van der Waals surface area contributed by atoms with Crippen LogP contribution in [0.4, 0.5) is 22.2 Å². The number of urea groups is 1. The lowest BCUT2D eigenvalue weighted by molar-refractivity contribution is 0.201. The molecule has 2 atom stereocenters. The van der Waals surface area contributed by atoms with Crippen molar-refractivity contribution in [3.8, 4) is 0 Å². The van der Waals surface area contributed by atoms with Gasteiger partial charge in [-0.1, -0.05) is 52.8 Å². The second-order valence-corrected chi connectivity index (χ2v) is 10.8. The second-order valence-electron chi connectivity index (χ2n) is 10.8. The van der Waals surface area contributed by atoms with Crippen molar-refractivity contribution >= 4 is 34.4 Å². The lowest BCUT2D eigenvalue weighted by Crippen LogP contribution is -2.52. The molecular weight excluding hydrogens is 440 g/mol. The fourth-order valence-electron chi connectivity index (χ4n) is 5.13. The summed E-state index contributed by atoms with van der Waals surface area (Å²) in [6.45, 7) is 12.0. The Labute approximate surface area is 206 Å². The highest BCUT2D eigenvalue weighted by Gasteiger charge is 2.37. The molecule has 0 radical (unpaired) electrons. The van der Waals surface area contributed by atoms with E-state index in [0.29, 0.717) is 25.0 Å². The maximum atomic E-state index is 13.4. The van der Waals surface area contributed by atoms with Gasteiger partial charge in [0.15, 0.2) is 5.82 Å². The third-order valence-corrected chi connectivity index (χ3v) is 6.80. The van der Waals surface area contributed by atoms with Crippen molar-refractivity contribution in [2.24, 2.45) is 0 Å². The highest BCUT2D eigenvalue weighted by Crippen LogP contribution is 2.34. The first-order chi connectivity index (χ1) is 16.7. The van der Waals surface area contributed by atoms with Gasteiger partial charge in [0, 0.05) is 23.9 Å². The topological polar surface area (TPSA) is 108 Å². The van der Waals surface area contributed by atoms with Crippen LogP contribution in [0.3, 0.4) is 0 Å². The second kappa shape index (κ2) is 8.94. The van der Waals surface area contributed by atoms with Gasteiger partial charge in [-0.3, -0.25) is 5.32 Å². The lowest BCUT2D eigenvalue weighted by Gasteiger charge is -2.36. The quantitative estimate of drug-likeness (QED) is 0.503. The number of rotatable bonds is 3. The van der Waals surface area contributed by atoms with E-state index < -0.39 is 0 Å². The van der Waals surface area contributed by atoms with E-state index in [1.54, 1.807) is 6.33 Å². The number of nitrogens with one attached hydrogen (secondary N) is 3. The Balaban J connectivity index is 1.36. The number of hydrogen-bond acceptors (Lipinski definition) is 7. The number of fused-ring (bicyclic) bond motifs is 2. The minimum atomic E-state index is -0.181. The van der Waals surface area contributed by atoms with Gasteiger partial charge in [0.25, 0.3) is 0 Å². The minimum absolute atomic E-state index is 0.0376. The Bertz CT molecular complexity index is 1250. The van der Waals surface area contributed by atoms with E-state index in [-0.39, 0.29) is 23.5 Å². The average Bonchev–Trinajstić information content (AvgIpc) is 3.32. The fourth-order valence-corrected chi connectivity index (χ4v) is 5.13. The molecule has 0 aliphatic carbocycles. The van der Waals surface area contributed by atoms with Gasteiger partial charge in [-0.25, -0.2) is 24.7 Å². The van der Waals surface area contributed by atoms with Crippen LogP contribution >= 0.6 is 0 Å². The number of likely N-dealkylation sites (tertiary alicyclic amines) is 1. The standard InChI is InChI=1S/C26H34N8O/c1-15(2)20-21-23(29-14-28-20)30-18(13-27-21)19-11-8-12-34(19)25(35)33-24-31-17-10-7-6-9-16(17)22(32-24)26(3,4)5/h6-7,9-10,14-15,18-19,27H,8,11-13H2,1-5H3,(H,28,29,30)(H,31,32,33,35). The molecule has 184 valence electrons. The molecule has 2 amide bonds. The zero-order chi connectivity index (χ0) is 24.7. The average molecular weight is 475 g/mol.